The Bertz CT molecular complexity index is 612. The number of nitrogens with one attached hydrogen (secondary N) is 1. The van der Waals surface area contributed by atoms with E-state index in [0.717, 1.165) is 34.8 Å². The van der Waals surface area contributed by atoms with E-state index < -0.39 is 0 Å². The Hall–Kier alpha value is -1.65. The third kappa shape index (κ3) is 2.17. The molecule has 0 saturated heterocycles. The molecule has 2 aromatic rings. The Kier molecular flexibility index (Phi) is 2.92. The first-order chi connectivity index (χ1) is 9.10. The maximum absolute atomic E-state index is 4.74. The SMILES string of the molecule is CCC(C)Nc1nc(C2CC2)nc2c(C)nn(C)c12. The topological polar surface area (TPSA) is 55.6 Å². The first-order valence-corrected chi connectivity index (χ1v) is 7.08. The van der Waals surface area contributed by atoms with Crippen LogP contribution in [-0.4, -0.2) is 25.8 Å². The van der Waals surface area contributed by atoms with Crippen molar-refractivity contribution in [2.75, 3.05) is 5.32 Å². The summed E-state index contributed by atoms with van der Waals surface area (Å²) in [5.41, 5.74) is 2.99. The maximum Gasteiger partial charge on any atom is 0.156 e. The number of aromatic nitrogens is 4. The van der Waals surface area contributed by atoms with Gasteiger partial charge in [-0.2, -0.15) is 5.10 Å². The van der Waals surface area contributed by atoms with Crippen LogP contribution in [0.4, 0.5) is 5.82 Å². The van der Waals surface area contributed by atoms with Crippen molar-refractivity contribution < 1.29 is 0 Å². The van der Waals surface area contributed by atoms with E-state index in [2.05, 4.69) is 24.3 Å². The summed E-state index contributed by atoms with van der Waals surface area (Å²) < 4.78 is 1.88. The monoisotopic (exact) mass is 259 g/mol. The lowest BCUT2D eigenvalue weighted by molar-refractivity contribution is 0.749. The zero-order valence-electron chi connectivity index (χ0n) is 12.1. The fourth-order valence-electron chi connectivity index (χ4n) is 2.31. The Balaban J connectivity index is 2.15. The van der Waals surface area contributed by atoms with E-state index in [1.807, 2.05) is 18.7 Å². The fraction of sp³-hybridized carbons (Fsp3) is 0.643. The number of anilines is 1. The van der Waals surface area contributed by atoms with Crippen LogP contribution in [0.2, 0.25) is 0 Å². The van der Waals surface area contributed by atoms with E-state index in [1.165, 1.54) is 12.8 Å². The molecule has 5 heteroatoms. The summed E-state index contributed by atoms with van der Waals surface area (Å²) in [4.78, 5) is 9.46. The second kappa shape index (κ2) is 4.47. The number of nitrogens with zero attached hydrogens (tertiary/aromatic N) is 4. The van der Waals surface area contributed by atoms with Crippen molar-refractivity contribution in [1.29, 1.82) is 0 Å². The predicted octanol–water partition coefficient (Wildman–Crippen LogP) is 2.76. The van der Waals surface area contributed by atoms with Crippen LogP contribution in [0, 0.1) is 6.92 Å². The van der Waals surface area contributed by atoms with Gasteiger partial charge in [0.1, 0.15) is 16.9 Å². The molecule has 3 rings (SSSR count). The largest absolute Gasteiger partial charge is 0.366 e. The van der Waals surface area contributed by atoms with E-state index >= 15 is 0 Å². The van der Waals surface area contributed by atoms with Crippen molar-refractivity contribution in [3.8, 4) is 0 Å². The number of hydrogen-bond acceptors (Lipinski definition) is 4. The quantitative estimate of drug-likeness (QED) is 0.917. The molecule has 1 unspecified atom stereocenters. The van der Waals surface area contributed by atoms with Crippen LogP contribution in [-0.2, 0) is 7.05 Å². The van der Waals surface area contributed by atoms with Gasteiger partial charge < -0.3 is 5.32 Å². The van der Waals surface area contributed by atoms with Crippen molar-refractivity contribution in [1.82, 2.24) is 19.7 Å². The lowest BCUT2D eigenvalue weighted by Crippen LogP contribution is -2.16. The van der Waals surface area contributed by atoms with Gasteiger partial charge in [0.05, 0.1) is 5.69 Å². The highest BCUT2D eigenvalue weighted by Gasteiger charge is 2.28. The van der Waals surface area contributed by atoms with Crippen LogP contribution in [0.25, 0.3) is 11.0 Å². The summed E-state index contributed by atoms with van der Waals surface area (Å²) >= 11 is 0. The Morgan fingerprint density at radius 2 is 2.11 bits per heavy atom. The summed E-state index contributed by atoms with van der Waals surface area (Å²) in [6.45, 7) is 6.36. The van der Waals surface area contributed by atoms with Gasteiger partial charge in [-0.15, -0.1) is 0 Å². The molecular formula is C14H21N5. The molecule has 0 amide bonds. The zero-order valence-corrected chi connectivity index (χ0v) is 12.1. The number of rotatable bonds is 4. The van der Waals surface area contributed by atoms with Gasteiger partial charge in [0.25, 0.3) is 0 Å². The molecule has 0 spiro atoms. The molecule has 5 nitrogen and oxygen atoms in total. The van der Waals surface area contributed by atoms with Gasteiger partial charge in [0, 0.05) is 19.0 Å². The van der Waals surface area contributed by atoms with Crippen LogP contribution in [0.3, 0.4) is 0 Å². The molecule has 1 N–H and O–H groups in total. The second-order valence-electron chi connectivity index (χ2n) is 5.56. The molecule has 0 aromatic carbocycles. The molecule has 1 atom stereocenters. The number of hydrogen-bond donors (Lipinski definition) is 1. The predicted molar refractivity (Wildman–Crippen MR) is 76.4 cm³/mol. The summed E-state index contributed by atoms with van der Waals surface area (Å²) in [5, 5.41) is 7.98. The zero-order chi connectivity index (χ0) is 13.6. The molecule has 2 aromatic heterocycles. The first-order valence-electron chi connectivity index (χ1n) is 7.08. The normalized spacial score (nSPS) is 16.8. The minimum atomic E-state index is 0.403. The third-order valence-corrected chi connectivity index (χ3v) is 3.81. The molecule has 1 saturated carbocycles. The van der Waals surface area contributed by atoms with Gasteiger partial charge >= 0.3 is 0 Å². The van der Waals surface area contributed by atoms with Gasteiger partial charge in [0.15, 0.2) is 5.82 Å². The third-order valence-electron chi connectivity index (χ3n) is 3.81. The maximum atomic E-state index is 4.74. The Labute approximate surface area is 113 Å². The van der Waals surface area contributed by atoms with E-state index in [1.54, 1.807) is 0 Å². The molecule has 1 aliphatic carbocycles. The molecular weight excluding hydrogens is 238 g/mol. The van der Waals surface area contributed by atoms with Gasteiger partial charge in [-0.25, -0.2) is 9.97 Å². The summed E-state index contributed by atoms with van der Waals surface area (Å²) in [6, 6.07) is 0.403. The molecule has 1 aliphatic rings. The molecule has 1 fully saturated rings. The minimum Gasteiger partial charge on any atom is -0.366 e. The highest BCUT2D eigenvalue weighted by molar-refractivity contribution is 5.87. The van der Waals surface area contributed by atoms with Gasteiger partial charge in [-0.05, 0) is 33.1 Å². The molecule has 0 radical (unpaired) electrons. The lowest BCUT2D eigenvalue weighted by atomic mass is 10.2. The Morgan fingerprint density at radius 3 is 2.74 bits per heavy atom. The summed E-state index contributed by atoms with van der Waals surface area (Å²) in [7, 11) is 1.96. The van der Waals surface area contributed by atoms with Crippen LogP contribution in [0.5, 0.6) is 0 Å². The van der Waals surface area contributed by atoms with E-state index in [4.69, 9.17) is 9.97 Å². The average Bonchev–Trinajstić information content (AvgIpc) is 3.17. The van der Waals surface area contributed by atoms with E-state index in [9.17, 15) is 0 Å². The first kappa shape index (κ1) is 12.4. The van der Waals surface area contributed by atoms with Crippen LogP contribution < -0.4 is 5.32 Å². The number of aryl methyl sites for hydroxylation is 2. The van der Waals surface area contributed by atoms with Crippen molar-refractivity contribution in [3.05, 3.63) is 11.5 Å². The van der Waals surface area contributed by atoms with Crippen molar-refractivity contribution in [3.63, 3.8) is 0 Å². The fourth-order valence-corrected chi connectivity index (χ4v) is 2.31. The summed E-state index contributed by atoms with van der Waals surface area (Å²) in [6.07, 6.45) is 3.50. The number of fused-ring (bicyclic) bond motifs is 1. The van der Waals surface area contributed by atoms with Crippen LogP contribution in [0.15, 0.2) is 0 Å². The minimum absolute atomic E-state index is 0.403. The smallest absolute Gasteiger partial charge is 0.156 e. The highest BCUT2D eigenvalue weighted by atomic mass is 15.3. The van der Waals surface area contributed by atoms with Crippen molar-refractivity contribution in [2.24, 2.45) is 7.05 Å². The average molecular weight is 259 g/mol. The van der Waals surface area contributed by atoms with Crippen LogP contribution >= 0.6 is 0 Å². The molecule has 0 bridgehead atoms. The summed E-state index contributed by atoms with van der Waals surface area (Å²) in [5.74, 6) is 2.47. The van der Waals surface area contributed by atoms with Gasteiger partial charge in [-0.1, -0.05) is 6.92 Å². The molecule has 2 heterocycles. The van der Waals surface area contributed by atoms with Crippen molar-refractivity contribution in [2.45, 2.75) is 52.0 Å². The highest BCUT2D eigenvalue weighted by Crippen LogP contribution is 2.39. The van der Waals surface area contributed by atoms with E-state index in [0.29, 0.717) is 12.0 Å². The Morgan fingerprint density at radius 1 is 1.37 bits per heavy atom. The lowest BCUT2D eigenvalue weighted by Gasteiger charge is -2.14. The standard InChI is InChI=1S/C14H21N5/c1-5-8(2)15-14-12-11(9(3)18-19(12)4)16-13(17-14)10-6-7-10/h8,10H,5-7H2,1-4H3,(H,15,16,17). The molecule has 102 valence electrons. The van der Waals surface area contributed by atoms with Crippen molar-refractivity contribution >= 4 is 16.9 Å². The second-order valence-corrected chi connectivity index (χ2v) is 5.56. The van der Waals surface area contributed by atoms with Gasteiger partial charge in [-0.3, -0.25) is 4.68 Å². The van der Waals surface area contributed by atoms with E-state index in [-0.39, 0.29) is 0 Å². The molecule has 0 aliphatic heterocycles. The van der Waals surface area contributed by atoms with Gasteiger partial charge in [0.2, 0.25) is 0 Å². The molecule has 19 heavy (non-hydrogen) atoms. The van der Waals surface area contributed by atoms with Crippen LogP contribution in [0.1, 0.15) is 50.5 Å².